The van der Waals surface area contributed by atoms with Gasteiger partial charge < -0.3 is 14.6 Å². The average Bonchev–Trinajstić information content (AvgIpc) is 3.35. The monoisotopic (exact) mass is 633 g/mol. The van der Waals surface area contributed by atoms with E-state index in [9.17, 15) is 27.9 Å². The quantitative estimate of drug-likeness (QED) is 0.157. The van der Waals surface area contributed by atoms with Crippen LogP contribution in [0.3, 0.4) is 0 Å². The minimum atomic E-state index is -3.66. The van der Waals surface area contributed by atoms with Crippen molar-refractivity contribution < 1.29 is 27.8 Å². The maximum absolute atomic E-state index is 13.8. The molecule has 0 unspecified atom stereocenters. The molecular weight excluding hydrogens is 603 g/mol. The predicted octanol–water partition coefficient (Wildman–Crippen LogP) is 3.56. The van der Waals surface area contributed by atoms with Gasteiger partial charge in [0.15, 0.2) is 6.79 Å². The van der Waals surface area contributed by atoms with Crippen LogP contribution in [0.25, 0.3) is 20.7 Å². The summed E-state index contributed by atoms with van der Waals surface area (Å²) in [6.07, 6.45) is 2.31. The lowest BCUT2D eigenvalue weighted by molar-refractivity contribution is -0.137. The van der Waals surface area contributed by atoms with Gasteiger partial charge in [0.2, 0.25) is 10.0 Å². The van der Waals surface area contributed by atoms with Crippen LogP contribution in [0.4, 0.5) is 0 Å². The zero-order chi connectivity index (χ0) is 30.4. The van der Waals surface area contributed by atoms with Crippen molar-refractivity contribution in [3.8, 4) is 16.2 Å². The molecule has 14 heteroatoms. The van der Waals surface area contributed by atoms with Crippen LogP contribution >= 0.6 is 23.1 Å². The number of benzene rings is 2. The van der Waals surface area contributed by atoms with Crippen LogP contribution in [-0.2, 0) is 39.2 Å². The third-order valence-electron chi connectivity index (χ3n) is 6.37. The maximum atomic E-state index is 13.8. The van der Waals surface area contributed by atoms with Gasteiger partial charge in [0.05, 0.1) is 17.7 Å². The summed E-state index contributed by atoms with van der Waals surface area (Å²) in [7, 11) is -2.16. The molecule has 4 rings (SSSR count). The largest absolute Gasteiger partial charge is 0.480 e. The third kappa shape index (κ3) is 6.95. The number of hydrogen-bond donors (Lipinski definition) is 2. The van der Waals surface area contributed by atoms with E-state index in [2.05, 4.69) is 4.72 Å². The normalized spacial score (nSPS) is 11.7. The highest BCUT2D eigenvalue weighted by Gasteiger charge is 2.25. The number of hydrogen-bond acceptors (Lipinski definition) is 9. The molecule has 0 bridgehead atoms. The van der Waals surface area contributed by atoms with E-state index in [1.54, 1.807) is 31.2 Å². The predicted molar refractivity (Wildman–Crippen MR) is 164 cm³/mol. The first-order valence-electron chi connectivity index (χ1n) is 12.9. The van der Waals surface area contributed by atoms with E-state index in [-0.39, 0.29) is 31.0 Å². The number of carbonyl (C=O) groups is 1. The number of ether oxygens (including phenoxy) is 2. The molecule has 2 aromatic heterocycles. The fourth-order valence-corrected chi connectivity index (χ4v) is 7.45. The number of methoxy groups -OCH3 is 1. The Labute approximate surface area is 250 Å². The van der Waals surface area contributed by atoms with E-state index in [4.69, 9.17) is 9.47 Å². The van der Waals surface area contributed by atoms with Gasteiger partial charge in [-0.3, -0.25) is 14.2 Å². The molecule has 11 nitrogen and oxygen atoms in total. The molecule has 4 aromatic rings. The Morgan fingerprint density at radius 1 is 1.10 bits per heavy atom. The Morgan fingerprint density at radius 2 is 1.81 bits per heavy atom. The SMILES string of the molecule is CCCS(=O)(=O)NCc1c(-c2ccc(OCOC)cc2)sc2c1c(=O)n(CC(=O)O)c(=O)n2Cc1ccccc1SC. The molecule has 0 fully saturated rings. The van der Waals surface area contributed by atoms with Crippen LogP contribution in [0.1, 0.15) is 24.5 Å². The standard InChI is InChI=1S/C28H31N3O8S3/c1-4-13-42(36,37)29-14-21-24-26(34)30(16-23(32)33)28(35)31(15-19-7-5-6-8-22(19)40-3)27(24)41-25(21)18-9-11-20(12-10-18)39-17-38-2/h5-12,29H,4,13-17H2,1-3H3,(H,32,33). The fourth-order valence-electron chi connectivity index (χ4n) is 4.49. The minimum Gasteiger partial charge on any atom is -0.480 e. The summed E-state index contributed by atoms with van der Waals surface area (Å²) in [5, 5.41) is 9.63. The molecule has 2 aromatic carbocycles. The van der Waals surface area contributed by atoms with Gasteiger partial charge in [-0.05, 0) is 54.1 Å². The second-order valence-corrected chi connectivity index (χ2v) is 13.0. The summed E-state index contributed by atoms with van der Waals surface area (Å²) in [5.41, 5.74) is 0.280. The molecular formula is C28H31N3O8S3. The lowest BCUT2D eigenvalue weighted by Gasteiger charge is -2.13. The van der Waals surface area contributed by atoms with Gasteiger partial charge in [-0.1, -0.05) is 25.1 Å². The van der Waals surface area contributed by atoms with Crippen LogP contribution in [0.5, 0.6) is 5.75 Å². The minimum absolute atomic E-state index is 0.0552. The molecule has 0 aliphatic heterocycles. The molecule has 0 radical (unpaired) electrons. The van der Waals surface area contributed by atoms with Gasteiger partial charge in [-0.15, -0.1) is 23.1 Å². The molecule has 0 amide bonds. The van der Waals surface area contributed by atoms with Gasteiger partial charge >= 0.3 is 11.7 Å². The van der Waals surface area contributed by atoms with Crippen molar-refractivity contribution in [3.05, 3.63) is 80.5 Å². The number of sulfonamides is 1. The number of aliphatic carboxylic acids is 1. The van der Waals surface area contributed by atoms with Crippen molar-refractivity contribution in [1.82, 2.24) is 13.9 Å². The Kier molecular flexibility index (Phi) is 10.3. The lowest BCUT2D eigenvalue weighted by Crippen LogP contribution is -2.42. The Morgan fingerprint density at radius 3 is 2.45 bits per heavy atom. The molecule has 0 aliphatic rings. The first kappa shape index (κ1) is 31.5. The average molecular weight is 634 g/mol. The Hall–Kier alpha value is -3.43. The molecule has 0 saturated carbocycles. The summed E-state index contributed by atoms with van der Waals surface area (Å²) in [6.45, 7) is 0.821. The van der Waals surface area contributed by atoms with Gasteiger partial charge in [0.1, 0.15) is 17.1 Å². The Bertz CT molecular complexity index is 1810. The van der Waals surface area contributed by atoms with E-state index < -0.39 is 33.8 Å². The van der Waals surface area contributed by atoms with Crippen LogP contribution in [0.2, 0.25) is 0 Å². The molecule has 0 atom stereocenters. The van der Waals surface area contributed by atoms with Gasteiger partial charge in [-0.2, -0.15) is 0 Å². The number of aromatic nitrogens is 2. The van der Waals surface area contributed by atoms with E-state index in [0.717, 1.165) is 10.5 Å². The number of rotatable bonds is 14. The molecule has 2 heterocycles. The highest BCUT2D eigenvalue weighted by atomic mass is 32.2. The number of fused-ring (bicyclic) bond motifs is 1. The zero-order valence-corrected chi connectivity index (χ0v) is 25.7. The number of thiophene rings is 1. The van der Waals surface area contributed by atoms with Crippen molar-refractivity contribution >= 4 is 49.3 Å². The van der Waals surface area contributed by atoms with Crippen LogP contribution in [0, 0.1) is 0 Å². The van der Waals surface area contributed by atoms with Crippen LogP contribution in [-0.4, -0.2) is 54.5 Å². The summed E-state index contributed by atoms with van der Waals surface area (Å²) < 4.78 is 40.3. The van der Waals surface area contributed by atoms with Crippen molar-refractivity contribution in [2.24, 2.45) is 0 Å². The van der Waals surface area contributed by atoms with Crippen LogP contribution < -0.4 is 20.7 Å². The van der Waals surface area contributed by atoms with Gasteiger partial charge in [0.25, 0.3) is 5.56 Å². The molecule has 2 N–H and O–H groups in total. The first-order chi connectivity index (χ1) is 20.1. The smallest absolute Gasteiger partial charge is 0.332 e. The number of thioether (sulfide) groups is 1. The van der Waals surface area contributed by atoms with Gasteiger partial charge in [-0.25, -0.2) is 22.5 Å². The molecule has 0 saturated heterocycles. The van der Waals surface area contributed by atoms with Crippen molar-refractivity contribution in [3.63, 3.8) is 0 Å². The van der Waals surface area contributed by atoms with Crippen LogP contribution in [0.15, 0.2) is 63.0 Å². The van der Waals surface area contributed by atoms with Crippen molar-refractivity contribution in [2.75, 3.05) is 25.9 Å². The van der Waals surface area contributed by atoms with E-state index in [1.807, 2.05) is 30.5 Å². The highest BCUT2D eigenvalue weighted by Crippen LogP contribution is 2.38. The first-order valence-corrected chi connectivity index (χ1v) is 16.6. The molecule has 42 heavy (non-hydrogen) atoms. The second kappa shape index (κ2) is 13.7. The number of carboxylic acids is 1. The topological polar surface area (TPSA) is 146 Å². The fraction of sp³-hybridized carbons (Fsp3) is 0.321. The molecule has 0 aliphatic carbocycles. The number of carboxylic acid groups (broad SMARTS) is 1. The molecule has 224 valence electrons. The second-order valence-electron chi connectivity index (χ2n) is 9.27. The van der Waals surface area contributed by atoms with Crippen molar-refractivity contribution in [1.29, 1.82) is 0 Å². The van der Waals surface area contributed by atoms with Gasteiger partial charge in [0, 0.05) is 29.0 Å². The summed E-state index contributed by atoms with van der Waals surface area (Å²) >= 11 is 2.67. The zero-order valence-electron chi connectivity index (χ0n) is 23.3. The summed E-state index contributed by atoms with van der Waals surface area (Å²) in [6, 6.07) is 14.5. The van der Waals surface area contributed by atoms with E-state index >= 15 is 0 Å². The van der Waals surface area contributed by atoms with E-state index in [0.29, 0.717) is 37.6 Å². The number of nitrogens with zero attached hydrogens (tertiary/aromatic N) is 2. The van der Waals surface area contributed by atoms with Crippen molar-refractivity contribution in [2.45, 2.75) is 37.9 Å². The summed E-state index contributed by atoms with van der Waals surface area (Å²) in [5.74, 6) is -0.909. The molecule has 0 spiro atoms. The summed E-state index contributed by atoms with van der Waals surface area (Å²) in [4.78, 5) is 41.0. The highest BCUT2D eigenvalue weighted by molar-refractivity contribution is 7.98. The number of nitrogens with one attached hydrogen (secondary N) is 1. The third-order valence-corrected chi connectivity index (χ3v) is 10.0. The van der Waals surface area contributed by atoms with E-state index in [1.165, 1.54) is 34.8 Å². The lowest BCUT2D eigenvalue weighted by atomic mass is 10.1. The Balaban J connectivity index is 2.01. The maximum Gasteiger partial charge on any atom is 0.332 e.